The van der Waals surface area contributed by atoms with Gasteiger partial charge in [-0.25, -0.2) is 0 Å². The van der Waals surface area contributed by atoms with Gasteiger partial charge >= 0.3 is 0 Å². The lowest BCUT2D eigenvalue weighted by molar-refractivity contribution is 0.143. The Kier molecular flexibility index (Phi) is 30.3. The smallest absolute Gasteiger partial charge is 0.0206 e. The molecule has 340 valence electrons. The van der Waals surface area contributed by atoms with Crippen LogP contribution >= 0.6 is 0 Å². The summed E-state index contributed by atoms with van der Waals surface area (Å²) in [5, 5.41) is 3.60. The first-order chi connectivity index (χ1) is 29.4. The van der Waals surface area contributed by atoms with Crippen LogP contribution in [0.25, 0.3) is 0 Å². The number of hydrogen-bond donors (Lipinski definition) is 1. The van der Waals surface area contributed by atoms with E-state index in [0.29, 0.717) is 0 Å². The molecular formula is C58H93N3. The van der Waals surface area contributed by atoms with Gasteiger partial charge in [0.1, 0.15) is 0 Å². The first-order valence-corrected chi connectivity index (χ1v) is 24.5. The number of rotatable bonds is 31. The number of allylic oxidation sites excluding steroid dienone is 17. The van der Waals surface area contributed by atoms with E-state index in [1.807, 2.05) is 0 Å². The molecule has 0 atom stereocenters. The summed E-state index contributed by atoms with van der Waals surface area (Å²) in [6.45, 7) is 31.8. The van der Waals surface area contributed by atoms with Crippen LogP contribution in [0.15, 0.2) is 135 Å². The highest BCUT2D eigenvalue weighted by atomic mass is 15.3. The Labute approximate surface area is 378 Å². The molecule has 1 N–H and O–H groups in total. The first kappa shape index (κ1) is 53.9. The number of hydrogen-bond acceptors (Lipinski definition) is 3. The lowest BCUT2D eigenvalue weighted by atomic mass is 10.0. The molecule has 1 aliphatic rings. The van der Waals surface area contributed by atoms with Gasteiger partial charge in [-0.1, -0.05) is 135 Å². The first-order valence-electron chi connectivity index (χ1n) is 24.5. The van der Waals surface area contributed by atoms with E-state index < -0.39 is 0 Å². The molecule has 0 saturated carbocycles. The van der Waals surface area contributed by atoms with E-state index in [1.165, 1.54) is 146 Å². The molecule has 1 saturated heterocycles. The lowest BCUT2D eigenvalue weighted by Crippen LogP contribution is -2.48. The molecule has 0 amide bonds. The van der Waals surface area contributed by atoms with Crippen molar-refractivity contribution in [1.29, 1.82) is 0 Å². The zero-order valence-corrected chi connectivity index (χ0v) is 41.4. The molecule has 0 radical (unpaired) electrons. The fourth-order valence-electron chi connectivity index (χ4n) is 7.77. The maximum Gasteiger partial charge on any atom is 0.0206 e. The Balaban J connectivity index is 1.51. The summed E-state index contributed by atoms with van der Waals surface area (Å²) in [5.74, 6) is 0. The molecule has 0 spiro atoms. The summed E-state index contributed by atoms with van der Waals surface area (Å²) in [6, 6.07) is 10.7. The second kappa shape index (κ2) is 34.3. The Hall–Kier alpha value is -3.24. The molecule has 1 heterocycles. The minimum atomic E-state index is 0.961. The highest BCUT2D eigenvalue weighted by Crippen LogP contribution is 2.18. The van der Waals surface area contributed by atoms with E-state index in [-0.39, 0.29) is 0 Å². The Morgan fingerprint density at radius 1 is 0.410 bits per heavy atom. The summed E-state index contributed by atoms with van der Waals surface area (Å²) in [4.78, 5) is 5.22. The lowest BCUT2D eigenvalue weighted by Gasteiger charge is -2.34. The van der Waals surface area contributed by atoms with Crippen molar-refractivity contribution in [2.45, 2.75) is 179 Å². The summed E-state index contributed by atoms with van der Waals surface area (Å²) in [7, 11) is 0. The van der Waals surface area contributed by atoms with E-state index in [0.717, 1.165) is 64.7 Å². The maximum absolute atomic E-state index is 3.60. The number of nitrogens with zero attached hydrogens (tertiary/aromatic N) is 2. The molecule has 61 heavy (non-hydrogen) atoms. The SMILES string of the molecule is CC(C)=CCC/C(C)=C/CC/C(C)=C/CC/C(C)=C/CC/C(C)=C/CC/C(C)=C/CC/C(C)=C/CC/C(C)=C/CC/C(C)=C/CN1CCN(CCNCc2ccccc2)CC1. The van der Waals surface area contributed by atoms with E-state index >= 15 is 0 Å². The highest BCUT2D eigenvalue weighted by molar-refractivity contribution is 5.14. The molecule has 2 rings (SSSR count). The molecule has 0 unspecified atom stereocenters. The topological polar surface area (TPSA) is 18.5 Å². The quantitative estimate of drug-likeness (QED) is 0.0594. The number of piperazine rings is 1. The third-order valence-corrected chi connectivity index (χ3v) is 12.3. The average Bonchev–Trinajstić information content (AvgIpc) is 3.22. The van der Waals surface area contributed by atoms with Gasteiger partial charge in [0.25, 0.3) is 0 Å². The van der Waals surface area contributed by atoms with Crippen LogP contribution in [0.1, 0.15) is 178 Å². The molecule has 0 aliphatic carbocycles. The van der Waals surface area contributed by atoms with Crippen LogP contribution in [-0.2, 0) is 6.54 Å². The van der Waals surface area contributed by atoms with Crippen molar-refractivity contribution in [3.8, 4) is 0 Å². The molecular weight excluding hydrogens is 739 g/mol. The van der Waals surface area contributed by atoms with Crippen LogP contribution in [0, 0.1) is 0 Å². The summed E-state index contributed by atoms with van der Waals surface area (Å²) in [5.41, 5.74) is 15.0. The van der Waals surface area contributed by atoms with Crippen LogP contribution in [0.4, 0.5) is 0 Å². The van der Waals surface area contributed by atoms with Crippen molar-refractivity contribution in [2.24, 2.45) is 0 Å². The van der Waals surface area contributed by atoms with Gasteiger partial charge in [0.05, 0.1) is 0 Å². The molecule has 1 aliphatic heterocycles. The van der Waals surface area contributed by atoms with Gasteiger partial charge in [-0.3, -0.25) is 9.80 Å². The van der Waals surface area contributed by atoms with Crippen molar-refractivity contribution >= 4 is 0 Å². The molecule has 0 bridgehead atoms. The third-order valence-electron chi connectivity index (χ3n) is 12.3. The standard InChI is InChI=1S/C58H93N3/c1-49(2)22-14-23-50(3)24-15-25-51(4)26-16-27-52(5)28-17-29-53(6)30-18-31-54(7)32-19-33-55(8)34-20-35-56(9)36-21-37-57(10)40-42-60-44-46-61(47-45-60)43-41-59-48-58-38-12-11-13-39-58/h11-13,22,24,26,28,30,32,34,36,38-40,59H,14-21,23,25,27,29,31,33,35,37,41-48H2,1-10H3/b50-24+,51-26+,52-28+,53-30+,54-32+,55-34+,56-36+,57-40+. The molecule has 0 aromatic heterocycles. The zero-order valence-electron chi connectivity index (χ0n) is 41.4. The van der Waals surface area contributed by atoms with Gasteiger partial charge in [-0.15, -0.1) is 0 Å². The van der Waals surface area contributed by atoms with Crippen LogP contribution in [0.5, 0.6) is 0 Å². The Morgan fingerprint density at radius 2 is 0.721 bits per heavy atom. The molecule has 3 heteroatoms. The molecule has 1 fully saturated rings. The monoisotopic (exact) mass is 832 g/mol. The van der Waals surface area contributed by atoms with Gasteiger partial charge in [-0.05, 0) is 178 Å². The Morgan fingerprint density at radius 3 is 1.07 bits per heavy atom. The van der Waals surface area contributed by atoms with Crippen molar-refractivity contribution < 1.29 is 0 Å². The summed E-state index contributed by atoms with van der Waals surface area (Å²) < 4.78 is 0. The second-order valence-corrected chi connectivity index (χ2v) is 18.8. The molecule has 1 aromatic carbocycles. The van der Waals surface area contributed by atoms with Crippen molar-refractivity contribution in [1.82, 2.24) is 15.1 Å². The van der Waals surface area contributed by atoms with E-state index in [2.05, 4.69) is 169 Å². The van der Waals surface area contributed by atoms with E-state index in [4.69, 9.17) is 0 Å². The summed E-state index contributed by atoms with van der Waals surface area (Å²) >= 11 is 0. The van der Waals surface area contributed by atoms with Gasteiger partial charge < -0.3 is 5.32 Å². The van der Waals surface area contributed by atoms with Gasteiger partial charge in [0, 0.05) is 52.4 Å². The second-order valence-electron chi connectivity index (χ2n) is 18.8. The highest BCUT2D eigenvalue weighted by Gasteiger charge is 2.15. The van der Waals surface area contributed by atoms with Crippen LogP contribution < -0.4 is 5.32 Å². The maximum atomic E-state index is 3.60. The fourth-order valence-corrected chi connectivity index (χ4v) is 7.77. The van der Waals surface area contributed by atoms with E-state index in [9.17, 15) is 0 Å². The van der Waals surface area contributed by atoms with Crippen LogP contribution in [0.3, 0.4) is 0 Å². The fraction of sp³-hybridized carbons (Fsp3) is 0.586. The van der Waals surface area contributed by atoms with Crippen molar-refractivity contribution in [3.05, 3.63) is 141 Å². The van der Waals surface area contributed by atoms with Gasteiger partial charge in [0.2, 0.25) is 0 Å². The predicted molar refractivity (Wildman–Crippen MR) is 274 cm³/mol. The third kappa shape index (κ3) is 30.5. The molecule has 3 nitrogen and oxygen atoms in total. The van der Waals surface area contributed by atoms with Crippen molar-refractivity contribution in [2.75, 3.05) is 45.8 Å². The normalized spacial score (nSPS) is 16.2. The minimum Gasteiger partial charge on any atom is -0.311 e. The minimum absolute atomic E-state index is 0.961. The van der Waals surface area contributed by atoms with Crippen LogP contribution in [0.2, 0.25) is 0 Å². The molecule has 1 aromatic rings. The largest absolute Gasteiger partial charge is 0.311 e. The van der Waals surface area contributed by atoms with E-state index in [1.54, 1.807) is 0 Å². The Bertz CT molecular complexity index is 1610. The predicted octanol–water partition coefficient (Wildman–Crippen LogP) is 16.2. The average molecular weight is 832 g/mol. The van der Waals surface area contributed by atoms with Gasteiger partial charge in [0.15, 0.2) is 0 Å². The number of nitrogens with one attached hydrogen (secondary N) is 1. The number of benzene rings is 1. The van der Waals surface area contributed by atoms with Crippen molar-refractivity contribution in [3.63, 3.8) is 0 Å². The van der Waals surface area contributed by atoms with Gasteiger partial charge in [-0.2, -0.15) is 0 Å². The summed E-state index contributed by atoms with van der Waals surface area (Å²) in [6.07, 6.45) is 40.8. The van der Waals surface area contributed by atoms with Crippen LogP contribution in [-0.4, -0.2) is 55.6 Å². The zero-order chi connectivity index (χ0) is 44.5.